The summed E-state index contributed by atoms with van der Waals surface area (Å²) < 4.78 is 5.32. The third kappa shape index (κ3) is 3.99. The number of nitrogens with two attached hydrogens (primary N) is 1. The molecule has 1 heterocycles. The summed E-state index contributed by atoms with van der Waals surface area (Å²) in [5.74, 6) is 4.12. The van der Waals surface area contributed by atoms with E-state index in [9.17, 15) is 0 Å². The first-order chi connectivity index (χ1) is 8.79. The molecular weight excluding hydrogens is 246 g/mol. The van der Waals surface area contributed by atoms with Crippen molar-refractivity contribution in [3.05, 3.63) is 11.7 Å². The highest BCUT2D eigenvalue weighted by Gasteiger charge is 2.24. The second-order valence-electron chi connectivity index (χ2n) is 5.07. The summed E-state index contributed by atoms with van der Waals surface area (Å²) in [6.45, 7) is 2.18. The average Bonchev–Trinajstić information content (AvgIpc) is 2.80. The van der Waals surface area contributed by atoms with Crippen molar-refractivity contribution >= 4 is 11.8 Å². The highest BCUT2D eigenvalue weighted by atomic mass is 32.2. The van der Waals surface area contributed by atoms with Gasteiger partial charge in [-0.1, -0.05) is 24.9 Å². The molecule has 2 unspecified atom stereocenters. The fourth-order valence-electron chi connectivity index (χ4n) is 2.45. The molecule has 102 valence electrons. The van der Waals surface area contributed by atoms with Gasteiger partial charge in [-0.15, -0.1) is 0 Å². The Balaban J connectivity index is 1.82. The molecule has 1 saturated carbocycles. The van der Waals surface area contributed by atoms with E-state index in [2.05, 4.69) is 17.1 Å². The molecule has 1 aromatic heterocycles. The van der Waals surface area contributed by atoms with E-state index in [1.54, 1.807) is 0 Å². The minimum Gasteiger partial charge on any atom is -0.339 e. The van der Waals surface area contributed by atoms with Gasteiger partial charge in [0.2, 0.25) is 5.89 Å². The SMILES string of the molecule is CCCSCc1noc(CC2CCCCC2N)n1. The molecule has 2 N–H and O–H groups in total. The smallest absolute Gasteiger partial charge is 0.227 e. The topological polar surface area (TPSA) is 64.9 Å². The fourth-order valence-corrected chi connectivity index (χ4v) is 3.19. The third-order valence-corrected chi connectivity index (χ3v) is 4.65. The molecule has 0 saturated heterocycles. The van der Waals surface area contributed by atoms with Crippen LogP contribution >= 0.6 is 11.8 Å². The van der Waals surface area contributed by atoms with E-state index in [0.29, 0.717) is 12.0 Å². The van der Waals surface area contributed by atoms with Crippen molar-refractivity contribution in [2.75, 3.05) is 5.75 Å². The number of rotatable bonds is 6. The van der Waals surface area contributed by atoms with Crippen LogP contribution in [0.3, 0.4) is 0 Å². The van der Waals surface area contributed by atoms with Gasteiger partial charge in [0, 0.05) is 12.5 Å². The number of hydrogen-bond acceptors (Lipinski definition) is 5. The number of nitrogens with zero attached hydrogens (tertiary/aromatic N) is 2. The predicted molar refractivity (Wildman–Crippen MR) is 74.4 cm³/mol. The summed E-state index contributed by atoms with van der Waals surface area (Å²) in [5, 5.41) is 4.03. The van der Waals surface area contributed by atoms with Crippen LogP contribution in [0.2, 0.25) is 0 Å². The Morgan fingerprint density at radius 3 is 3.00 bits per heavy atom. The second kappa shape index (κ2) is 7.14. The maximum atomic E-state index is 6.14. The molecule has 4 nitrogen and oxygen atoms in total. The van der Waals surface area contributed by atoms with E-state index in [-0.39, 0.29) is 0 Å². The Morgan fingerprint density at radius 2 is 2.22 bits per heavy atom. The minimum atomic E-state index is 0.309. The van der Waals surface area contributed by atoms with Gasteiger partial charge in [0.25, 0.3) is 0 Å². The molecule has 0 amide bonds. The van der Waals surface area contributed by atoms with E-state index < -0.39 is 0 Å². The molecule has 0 bridgehead atoms. The van der Waals surface area contributed by atoms with Crippen LogP contribution in [-0.4, -0.2) is 21.9 Å². The van der Waals surface area contributed by atoms with Gasteiger partial charge < -0.3 is 10.3 Å². The highest BCUT2D eigenvalue weighted by Crippen LogP contribution is 2.25. The molecule has 0 aliphatic heterocycles. The van der Waals surface area contributed by atoms with E-state index in [1.165, 1.54) is 25.7 Å². The number of hydrogen-bond donors (Lipinski definition) is 1. The molecule has 0 aromatic carbocycles. The molecule has 0 spiro atoms. The first-order valence-corrected chi connectivity index (χ1v) is 8.10. The number of thioether (sulfide) groups is 1. The average molecular weight is 269 g/mol. The van der Waals surface area contributed by atoms with Crippen LogP contribution in [0.15, 0.2) is 4.52 Å². The summed E-state index contributed by atoms with van der Waals surface area (Å²) >= 11 is 1.86. The van der Waals surface area contributed by atoms with E-state index in [4.69, 9.17) is 10.3 Å². The van der Waals surface area contributed by atoms with E-state index in [1.807, 2.05) is 11.8 Å². The van der Waals surface area contributed by atoms with Gasteiger partial charge in [-0.25, -0.2) is 0 Å². The maximum Gasteiger partial charge on any atom is 0.227 e. The molecule has 1 aliphatic carbocycles. The minimum absolute atomic E-state index is 0.309. The molecule has 5 heteroatoms. The molecule has 2 atom stereocenters. The van der Waals surface area contributed by atoms with Gasteiger partial charge in [-0.2, -0.15) is 16.7 Å². The Kier molecular flexibility index (Phi) is 5.50. The number of aromatic nitrogens is 2. The molecule has 18 heavy (non-hydrogen) atoms. The Morgan fingerprint density at radius 1 is 1.39 bits per heavy atom. The van der Waals surface area contributed by atoms with Crippen LogP contribution in [0.25, 0.3) is 0 Å². The van der Waals surface area contributed by atoms with Crippen molar-refractivity contribution in [1.82, 2.24) is 10.1 Å². The predicted octanol–water partition coefficient (Wildman–Crippen LogP) is 2.77. The van der Waals surface area contributed by atoms with Crippen LogP contribution in [0.1, 0.15) is 50.7 Å². The van der Waals surface area contributed by atoms with Gasteiger partial charge in [0.05, 0.1) is 5.75 Å². The zero-order valence-electron chi connectivity index (χ0n) is 11.1. The van der Waals surface area contributed by atoms with Gasteiger partial charge in [0.1, 0.15) is 0 Å². The lowest BCUT2D eigenvalue weighted by Crippen LogP contribution is -2.34. The van der Waals surface area contributed by atoms with Crippen molar-refractivity contribution in [3.63, 3.8) is 0 Å². The third-order valence-electron chi connectivity index (χ3n) is 3.49. The quantitative estimate of drug-likeness (QED) is 0.804. The van der Waals surface area contributed by atoms with E-state index >= 15 is 0 Å². The Bertz CT molecular complexity index is 356. The van der Waals surface area contributed by atoms with Crippen LogP contribution in [0.5, 0.6) is 0 Å². The van der Waals surface area contributed by atoms with Crippen molar-refractivity contribution in [3.8, 4) is 0 Å². The van der Waals surface area contributed by atoms with Gasteiger partial charge >= 0.3 is 0 Å². The van der Waals surface area contributed by atoms with E-state index in [0.717, 1.165) is 36.1 Å². The summed E-state index contributed by atoms with van der Waals surface area (Å²) in [6.07, 6.45) is 6.92. The van der Waals surface area contributed by atoms with Crippen LogP contribution in [0, 0.1) is 5.92 Å². The first-order valence-electron chi connectivity index (χ1n) is 6.94. The fraction of sp³-hybridized carbons (Fsp3) is 0.846. The summed E-state index contributed by atoms with van der Waals surface area (Å²) in [6, 6.07) is 0.309. The molecule has 1 fully saturated rings. The Hall–Kier alpha value is -0.550. The second-order valence-corrected chi connectivity index (χ2v) is 6.17. The van der Waals surface area contributed by atoms with Crippen LogP contribution < -0.4 is 5.73 Å². The molecule has 1 aromatic rings. The lowest BCUT2D eigenvalue weighted by molar-refractivity contribution is 0.273. The standard InChI is InChI=1S/C13H23N3OS/c1-2-7-18-9-12-15-13(17-16-12)8-10-5-3-4-6-11(10)14/h10-11H,2-9,14H2,1H3. The molecule has 2 rings (SSSR count). The summed E-state index contributed by atoms with van der Waals surface area (Å²) in [4.78, 5) is 4.46. The molecular formula is C13H23N3OS. The van der Waals surface area contributed by atoms with Crippen molar-refractivity contribution in [2.24, 2.45) is 11.7 Å². The lowest BCUT2D eigenvalue weighted by atomic mass is 9.83. The van der Waals surface area contributed by atoms with Gasteiger partial charge in [-0.3, -0.25) is 0 Å². The highest BCUT2D eigenvalue weighted by molar-refractivity contribution is 7.98. The zero-order valence-corrected chi connectivity index (χ0v) is 11.9. The van der Waals surface area contributed by atoms with Gasteiger partial charge in [0.15, 0.2) is 5.82 Å². The van der Waals surface area contributed by atoms with Gasteiger partial charge in [-0.05, 0) is 30.9 Å². The maximum absolute atomic E-state index is 6.14. The largest absolute Gasteiger partial charge is 0.339 e. The van der Waals surface area contributed by atoms with Crippen molar-refractivity contribution in [1.29, 1.82) is 0 Å². The first kappa shape index (κ1) is 13.9. The van der Waals surface area contributed by atoms with Crippen molar-refractivity contribution in [2.45, 2.75) is 57.2 Å². The van der Waals surface area contributed by atoms with Crippen LogP contribution in [0.4, 0.5) is 0 Å². The zero-order chi connectivity index (χ0) is 12.8. The van der Waals surface area contributed by atoms with Crippen LogP contribution in [-0.2, 0) is 12.2 Å². The lowest BCUT2D eigenvalue weighted by Gasteiger charge is -2.27. The normalized spacial score (nSPS) is 24.3. The van der Waals surface area contributed by atoms with Crippen molar-refractivity contribution < 1.29 is 4.52 Å². The summed E-state index contributed by atoms with van der Waals surface area (Å²) in [5.41, 5.74) is 6.14. The molecule has 0 radical (unpaired) electrons. The monoisotopic (exact) mass is 269 g/mol. The Labute approximate surface area is 113 Å². The molecule has 1 aliphatic rings. The summed E-state index contributed by atoms with van der Waals surface area (Å²) in [7, 11) is 0.